The highest BCUT2D eigenvalue weighted by atomic mass is 16.1. The fourth-order valence-electron chi connectivity index (χ4n) is 3.07. The summed E-state index contributed by atoms with van der Waals surface area (Å²) in [5.74, 6) is 0.301. The van der Waals surface area contributed by atoms with Gasteiger partial charge in [-0.15, -0.1) is 0 Å². The van der Waals surface area contributed by atoms with Crippen molar-refractivity contribution in [2.75, 3.05) is 4.90 Å². The number of rotatable bonds is 2. The third-order valence-electron chi connectivity index (χ3n) is 4.19. The van der Waals surface area contributed by atoms with Gasteiger partial charge in [0.15, 0.2) is 5.78 Å². The largest absolute Gasteiger partial charge is 0.352 e. The molecule has 0 N–H and O–H groups in total. The normalized spacial score (nSPS) is 21.2. The number of Topliss-reactive ketones (excluding diaryl/α,β-unsaturated/α-hetero) is 1. The molecule has 1 atom stereocenters. The highest BCUT2D eigenvalue weighted by Gasteiger charge is 2.46. The fraction of sp³-hybridized carbons (Fsp3) is 0.278. The molecule has 0 saturated carbocycles. The molecular formula is C18H19NO. The first-order valence-electron chi connectivity index (χ1n) is 7.03. The molecule has 2 heteroatoms. The highest BCUT2D eigenvalue weighted by molar-refractivity contribution is 5.95. The average Bonchev–Trinajstić information content (AvgIpc) is 2.71. The maximum absolute atomic E-state index is 12.4. The van der Waals surface area contributed by atoms with E-state index in [1.807, 2.05) is 50.2 Å². The van der Waals surface area contributed by atoms with Crippen LogP contribution in [0.5, 0.6) is 0 Å². The molecule has 0 aliphatic carbocycles. The van der Waals surface area contributed by atoms with Gasteiger partial charge >= 0.3 is 0 Å². The number of benzene rings is 2. The molecule has 20 heavy (non-hydrogen) atoms. The van der Waals surface area contributed by atoms with Gasteiger partial charge in [0, 0.05) is 12.1 Å². The van der Waals surface area contributed by atoms with Crippen molar-refractivity contribution in [2.24, 2.45) is 0 Å². The minimum atomic E-state index is -0.456. The molecule has 2 aromatic carbocycles. The van der Waals surface area contributed by atoms with E-state index in [1.54, 1.807) is 0 Å². The average molecular weight is 265 g/mol. The third kappa shape index (κ3) is 2.01. The van der Waals surface area contributed by atoms with Crippen LogP contribution in [-0.4, -0.2) is 11.3 Å². The Labute approximate surface area is 120 Å². The van der Waals surface area contributed by atoms with Crippen LogP contribution in [0.15, 0.2) is 60.7 Å². The first kappa shape index (κ1) is 12.9. The van der Waals surface area contributed by atoms with E-state index in [9.17, 15) is 4.79 Å². The van der Waals surface area contributed by atoms with Gasteiger partial charge in [-0.3, -0.25) is 4.79 Å². The lowest BCUT2D eigenvalue weighted by atomic mass is 10.00. The predicted octanol–water partition coefficient (Wildman–Crippen LogP) is 3.99. The molecule has 1 saturated heterocycles. The molecule has 1 aliphatic heterocycles. The van der Waals surface area contributed by atoms with Gasteiger partial charge in [-0.05, 0) is 31.5 Å². The van der Waals surface area contributed by atoms with E-state index in [0.717, 1.165) is 5.69 Å². The van der Waals surface area contributed by atoms with Crippen molar-refractivity contribution in [1.82, 2.24) is 0 Å². The van der Waals surface area contributed by atoms with Gasteiger partial charge in [-0.25, -0.2) is 0 Å². The Bertz CT molecular complexity index is 604. The number of carbonyl (C=O) groups is 1. The zero-order chi connectivity index (χ0) is 14.2. The number of hydrogen-bond acceptors (Lipinski definition) is 2. The topological polar surface area (TPSA) is 20.3 Å². The first-order valence-corrected chi connectivity index (χ1v) is 7.03. The molecule has 0 radical (unpaired) electrons. The lowest BCUT2D eigenvalue weighted by Crippen LogP contribution is -2.43. The molecule has 2 nitrogen and oxygen atoms in total. The maximum atomic E-state index is 12.4. The number of hydrogen-bond donors (Lipinski definition) is 0. The number of anilines is 1. The van der Waals surface area contributed by atoms with Crippen LogP contribution >= 0.6 is 0 Å². The van der Waals surface area contributed by atoms with Crippen molar-refractivity contribution < 1.29 is 4.79 Å². The molecule has 0 bridgehead atoms. The Morgan fingerprint density at radius 2 is 1.50 bits per heavy atom. The molecular weight excluding hydrogens is 246 g/mol. The zero-order valence-corrected chi connectivity index (χ0v) is 11.9. The smallest absolute Gasteiger partial charge is 0.160 e. The van der Waals surface area contributed by atoms with Gasteiger partial charge in [0.05, 0.1) is 11.6 Å². The summed E-state index contributed by atoms with van der Waals surface area (Å²) in [6.45, 7) is 4.04. The van der Waals surface area contributed by atoms with E-state index in [0.29, 0.717) is 12.2 Å². The van der Waals surface area contributed by atoms with Crippen molar-refractivity contribution in [3.05, 3.63) is 66.2 Å². The second-order valence-electron chi connectivity index (χ2n) is 5.82. The van der Waals surface area contributed by atoms with Crippen LogP contribution in [0.25, 0.3) is 0 Å². The van der Waals surface area contributed by atoms with Crippen LogP contribution in [0.4, 0.5) is 5.69 Å². The summed E-state index contributed by atoms with van der Waals surface area (Å²) in [5, 5.41) is 0. The minimum Gasteiger partial charge on any atom is -0.352 e. The second-order valence-corrected chi connectivity index (χ2v) is 5.82. The van der Waals surface area contributed by atoms with Crippen LogP contribution in [0, 0.1) is 0 Å². The molecule has 102 valence electrons. The number of para-hydroxylation sites is 1. The summed E-state index contributed by atoms with van der Waals surface area (Å²) in [4.78, 5) is 14.7. The summed E-state index contributed by atoms with van der Waals surface area (Å²) in [7, 11) is 0. The zero-order valence-electron chi connectivity index (χ0n) is 11.9. The molecule has 3 rings (SSSR count). The number of carbonyl (C=O) groups excluding carboxylic acids is 1. The van der Waals surface area contributed by atoms with Gasteiger partial charge in [-0.1, -0.05) is 48.5 Å². The van der Waals surface area contributed by atoms with Gasteiger partial charge in [-0.2, -0.15) is 0 Å². The van der Waals surface area contributed by atoms with Crippen molar-refractivity contribution in [2.45, 2.75) is 31.8 Å². The quantitative estimate of drug-likeness (QED) is 0.818. The Hall–Kier alpha value is -2.09. The van der Waals surface area contributed by atoms with Gasteiger partial charge in [0.25, 0.3) is 0 Å². The summed E-state index contributed by atoms with van der Waals surface area (Å²) in [6, 6.07) is 20.6. The van der Waals surface area contributed by atoms with Crippen LogP contribution < -0.4 is 4.90 Å². The SMILES string of the molecule is CC1(C)C(=O)CC(c2ccccc2)N1c1ccccc1. The Morgan fingerprint density at radius 1 is 0.950 bits per heavy atom. The summed E-state index contributed by atoms with van der Waals surface area (Å²) >= 11 is 0. The fourth-order valence-corrected chi connectivity index (χ4v) is 3.07. The van der Waals surface area contributed by atoms with Crippen molar-refractivity contribution >= 4 is 11.5 Å². The first-order chi connectivity index (χ1) is 9.60. The molecule has 1 heterocycles. The third-order valence-corrected chi connectivity index (χ3v) is 4.19. The minimum absolute atomic E-state index is 0.126. The van der Waals surface area contributed by atoms with Gasteiger partial charge in [0.2, 0.25) is 0 Å². The molecule has 0 aromatic heterocycles. The molecule has 1 unspecified atom stereocenters. The molecule has 1 fully saturated rings. The molecule has 2 aromatic rings. The van der Waals surface area contributed by atoms with Crippen LogP contribution in [-0.2, 0) is 4.79 Å². The van der Waals surface area contributed by atoms with E-state index >= 15 is 0 Å². The van der Waals surface area contributed by atoms with Gasteiger partial charge < -0.3 is 4.90 Å². The van der Waals surface area contributed by atoms with E-state index < -0.39 is 5.54 Å². The Kier molecular flexibility index (Phi) is 3.09. The van der Waals surface area contributed by atoms with E-state index in [1.165, 1.54) is 5.56 Å². The maximum Gasteiger partial charge on any atom is 0.160 e. The lowest BCUT2D eigenvalue weighted by molar-refractivity contribution is -0.120. The Morgan fingerprint density at radius 3 is 2.10 bits per heavy atom. The van der Waals surface area contributed by atoms with Gasteiger partial charge in [0.1, 0.15) is 0 Å². The summed E-state index contributed by atoms with van der Waals surface area (Å²) < 4.78 is 0. The van der Waals surface area contributed by atoms with Crippen molar-refractivity contribution in [3.8, 4) is 0 Å². The highest BCUT2D eigenvalue weighted by Crippen LogP contribution is 2.43. The lowest BCUT2D eigenvalue weighted by Gasteiger charge is -2.36. The Balaban J connectivity index is 2.08. The number of nitrogens with zero attached hydrogens (tertiary/aromatic N) is 1. The van der Waals surface area contributed by atoms with Crippen molar-refractivity contribution in [1.29, 1.82) is 0 Å². The van der Waals surface area contributed by atoms with E-state index in [4.69, 9.17) is 0 Å². The standard InChI is InChI=1S/C18H19NO/c1-18(2)17(20)13-16(14-9-5-3-6-10-14)19(18)15-11-7-4-8-12-15/h3-12,16H,13H2,1-2H3. The van der Waals surface area contributed by atoms with Crippen molar-refractivity contribution in [3.63, 3.8) is 0 Å². The summed E-state index contributed by atoms with van der Waals surface area (Å²) in [6.07, 6.45) is 0.575. The van der Waals surface area contributed by atoms with Crippen LogP contribution in [0.3, 0.4) is 0 Å². The van der Waals surface area contributed by atoms with E-state index in [-0.39, 0.29) is 6.04 Å². The van der Waals surface area contributed by atoms with E-state index in [2.05, 4.69) is 29.2 Å². The van der Waals surface area contributed by atoms with Crippen LogP contribution in [0.2, 0.25) is 0 Å². The number of ketones is 1. The molecule has 0 amide bonds. The summed E-state index contributed by atoms with van der Waals surface area (Å²) in [5.41, 5.74) is 1.86. The second kappa shape index (κ2) is 4.78. The monoisotopic (exact) mass is 265 g/mol. The molecule has 0 spiro atoms. The molecule has 1 aliphatic rings. The predicted molar refractivity (Wildman–Crippen MR) is 81.8 cm³/mol. The van der Waals surface area contributed by atoms with Crippen LogP contribution in [0.1, 0.15) is 31.9 Å².